The summed E-state index contributed by atoms with van der Waals surface area (Å²) in [4.78, 5) is 23.4. The molecule has 3 rings (SSSR count). The molecular formula is C14H16N2O3. The molecule has 0 bridgehead atoms. The molecule has 1 fully saturated rings. The molecule has 1 heterocycles. The van der Waals surface area contributed by atoms with Crippen LogP contribution in [-0.2, 0) is 9.59 Å². The maximum absolute atomic E-state index is 11.8. The molecule has 0 spiro atoms. The number of ether oxygens (including phenoxy) is 1. The van der Waals surface area contributed by atoms with Crippen LogP contribution in [-0.4, -0.2) is 17.9 Å². The third-order valence-corrected chi connectivity index (χ3v) is 3.62. The average molecular weight is 260 g/mol. The van der Waals surface area contributed by atoms with Crippen molar-refractivity contribution in [2.24, 2.45) is 11.8 Å². The van der Waals surface area contributed by atoms with Crippen molar-refractivity contribution in [2.75, 3.05) is 10.6 Å². The normalized spacial score (nSPS) is 27.9. The van der Waals surface area contributed by atoms with Gasteiger partial charge in [-0.15, -0.1) is 0 Å². The zero-order valence-electron chi connectivity index (χ0n) is 10.9. The zero-order valence-corrected chi connectivity index (χ0v) is 10.9. The van der Waals surface area contributed by atoms with Gasteiger partial charge in [-0.05, 0) is 37.5 Å². The number of carbonyl (C=O) groups is 2. The topological polar surface area (TPSA) is 67.4 Å². The number of rotatable bonds is 2. The van der Waals surface area contributed by atoms with Crippen LogP contribution in [0.5, 0.6) is 5.75 Å². The summed E-state index contributed by atoms with van der Waals surface area (Å²) in [6.07, 6.45) is 0.467. The third-order valence-electron chi connectivity index (χ3n) is 3.62. The molecule has 3 atom stereocenters. The lowest BCUT2D eigenvalue weighted by molar-refractivity contribution is -0.122. The molecule has 2 amide bonds. The van der Waals surface area contributed by atoms with Gasteiger partial charge in [-0.3, -0.25) is 9.59 Å². The lowest BCUT2D eigenvalue weighted by Crippen LogP contribution is -2.34. The van der Waals surface area contributed by atoms with E-state index in [0.717, 1.165) is 6.42 Å². The van der Waals surface area contributed by atoms with E-state index in [9.17, 15) is 9.59 Å². The number of amides is 2. The highest BCUT2D eigenvalue weighted by Crippen LogP contribution is 2.39. The van der Waals surface area contributed by atoms with Crippen LogP contribution in [0.2, 0.25) is 0 Å². The average Bonchev–Trinajstić information content (AvgIpc) is 3.08. The van der Waals surface area contributed by atoms with Crippen molar-refractivity contribution in [3.05, 3.63) is 18.2 Å². The van der Waals surface area contributed by atoms with Crippen molar-refractivity contribution >= 4 is 23.2 Å². The molecule has 1 aromatic rings. The van der Waals surface area contributed by atoms with Gasteiger partial charge < -0.3 is 15.4 Å². The Kier molecular flexibility index (Phi) is 2.69. The number of nitrogens with one attached hydrogen (secondary N) is 2. The maximum atomic E-state index is 11.8. The Hall–Kier alpha value is -2.04. The molecule has 5 nitrogen and oxygen atoms in total. The number of anilines is 2. The SMILES string of the molecule is C[C@@H]1Oc2ccc(NC(=O)[C@@H]3C[C@H]3C)cc2NC1=O. The fourth-order valence-electron chi connectivity index (χ4n) is 2.21. The van der Waals surface area contributed by atoms with Gasteiger partial charge in [-0.1, -0.05) is 6.92 Å². The summed E-state index contributed by atoms with van der Waals surface area (Å²) in [5, 5.41) is 5.63. The van der Waals surface area contributed by atoms with Gasteiger partial charge in [0, 0.05) is 11.6 Å². The monoisotopic (exact) mass is 260 g/mol. The van der Waals surface area contributed by atoms with Crippen molar-refractivity contribution in [1.82, 2.24) is 0 Å². The van der Waals surface area contributed by atoms with E-state index in [0.29, 0.717) is 23.0 Å². The number of fused-ring (bicyclic) bond motifs is 1. The predicted molar refractivity (Wildman–Crippen MR) is 71.1 cm³/mol. The summed E-state index contributed by atoms with van der Waals surface area (Å²) in [6, 6.07) is 5.27. The van der Waals surface area contributed by atoms with E-state index in [-0.39, 0.29) is 17.7 Å². The lowest BCUT2D eigenvalue weighted by atomic mass is 10.2. The van der Waals surface area contributed by atoms with Crippen molar-refractivity contribution in [1.29, 1.82) is 0 Å². The standard InChI is InChI=1S/C14H16N2O3/c1-7-5-10(7)14(18)15-9-3-4-12-11(6-9)16-13(17)8(2)19-12/h3-4,6-8,10H,5H2,1-2H3,(H,15,18)(H,16,17)/t7-,8+,10-/m1/s1. The van der Waals surface area contributed by atoms with Crippen LogP contribution in [0.3, 0.4) is 0 Å². The molecule has 5 heteroatoms. The summed E-state index contributed by atoms with van der Waals surface area (Å²) in [5.74, 6) is 1.10. The Morgan fingerprint density at radius 2 is 2.16 bits per heavy atom. The van der Waals surface area contributed by atoms with Gasteiger partial charge in [0.2, 0.25) is 5.91 Å². The molecule has 0 unspecified atom stereocenters. The molecule has 0 radical (unpaired) electrons. The van der Waals surface area contributed by atoms with E-state index < -0.39 is 6.10 Å². The van der Waals surface area contributed by atoms with Crippen LogP contribution in [0.1, 0.15) is 20.3 Å². The first-order valence-electron chi connectivity index (χ1n) is 6.47. The van der Waals surface area contributed by atoms with Crippen molar-refractivity contribution in [3.63, 3.8) is 0 Å². The second-order valence-corrected chi connectivity index (χ2v) is 5.27. The Balaban J connectivity index is 1.76. The van der Waals surface area contributed by atoms with E-state index in [1.165, 1.54) is 0 Å². The highest BCUT2D eigenvalue weighted by Gasteiger charge is 2.39. The molecule has 100 valence electrons. The molecule has 0 aromatic heterocycles. The Morgan fingerprint density at radius 1 is 1.42 bits per heavy atom. The number of hydrogen-bond acceptors (Lipinski definition) is 3. The molecule has 2 N–H and O–H groups in total. The second-order valence-electron chi connectivity index (χ2n) is 5.27. The summed E-state index contributed by atoms with van der Waals surface area (Å²) >= 11 is 0. The van der Waals surface area contributed by atoms with Crippen LogP contribution in [0.4, 0.5) is 11.4 Å². The second kappa shape index (κ2) is 4.26. The van der Waals surface area contributed by atoms with Crippen LogP contribution in [0.15, 0.2) is 18.2 Å². The van der Waals surface area contributed by atoms with Crippen molar-refractivity contribution in [3.8, 4) is 5.75 Å². The first-order chi connectivity index (χ1) is 9.04. The van der Waals surface area contributed by atoms with Gasteiger partial charge in [0.15, 0.2) is 6.10 Å². The Morgan fingerprint density at radius 3 is 2.84 bits per heavy atom. The van der Waals surface area contributed by atoms with Gasteiger partial charge in [0.05, 0.1) is 5.69 Å². The summed E-state index contributed by atoms with van der Waals surface area (Å²) in [7, 11) is 0. The van der Waals surface area contributed by atoms with Gasteiger partial charge in [0.25, 0.3) is 5.91 Å². The minimum Gasteiger partial charge on any atom is -0.479 e. The van der Waals surface area contributed by atoms with E-state index in [1.54, 1.807) is 25.1 Å². The smallest absolute Gasteiger partial charge is 0.265 e. The number of carbonyl (C=O) groups excluding carboxylic acids is 2. The molecule has 19 heavy (non-hydrogen) atoms. The predicted octanol–water partition coefficient (Wildman–Crippen LogP) is 2.00. The van der Waals surface area contributed by atoms with Gasteiger partial charge in [-0.25, -0.2) is 0 Å². The Bertz CT molecular complexity index is 556. The molecule has 1 saturated carbocycles. The van der Waals surface area contributed by atoms with E-state index in [1.807, 2.05) is 0 Å². The van der Waals surface area contributed by atoms with E-state index in [2.05, 4.69) is 17.6 Å². The van der Waals surface area contributed by atoms with E-state index >= 15 is 0 Å². The number of hydrogen-bond donors (Lipinski definition) is 2. The molecule has 2 aliphatic rings. The van der Waals surface area contributed by atoms with Crippen LogP contribution >= 0.6 is 0 Å². The molecule has 1 aliphatic carbocycles. The quantitative estimate of drug-likeness (QED) is 0.854. The molecule has 1 aromatic carbocycles. The fraction of sp³-hybridized carbons (Fsp3) is 0.429. The van der Waals surface area contributed by atoms with Crippen LogP contribution in [0.25, 0.3) is 0 Å². The van der Waals surface area contributed by atoms with Crippen LogP contribution < -0.4 is 15.4 Å². The summed E-state index contributed by atoms with van der Waals surface area (Å²) in [5.41, 5.74) is 1.28. The highest BCUT2D eigenvalue weighted by atomic mass is 16.5. The fourth-order valence-corrected chi connectivity index (χ4v) is 2.21. The summed E-state index contributed by atoms with van der Waals surface area (Å²) < 4.78 is 5.46. The minimum atomic E-state index is -0.486. The van der Waals surface area contributed by atoms with Crippen LogP contribution in [0, 0.1) is 11.8 Å². The minimum absolute atomic E-state index is 0.0453. The molecule has 1 aliphatic heterocycles. The third kappa shape index (κ3) is 2.28. The summed E-state index contributed by atoms with van der Waals surface area (Å²) in [6.45, 7) is 3.76. The zero-order chi connectivity index (χ0) is 13.6. The molecular weight excluding hydrogens is 244 g/mol. The van der Waals surface area contributed by atoms with Crippen molar-refractivity contribution < 1.29 is 14.3 Å². The number of benzene rings is 1. The molecule has 0 saturated heterocycles. The van der Waals surface area contributed by atoms with Crippen molar-refractivity contribution in [2.45, 2.75) is 26.4 Å². The lowest BCUT2D eigenvalue weighted by Gasteiger charge is -2.23. The first-order valence-corrected chi connectivity index (χ1v) is 6.47. The maximum Gasteiger partial charge on any atom is 0.265 e. The highest BCUT2D eigenvalue weighted by molar-refractivity contribution is 5.99. The van der Waals surface area contributed by atoms with Gasteiger partial charge in [-0.2, -0.15) is 0 Å². The Labute approximate surface area is 111 Å². The first kappa shape index (κ1) is 12.0. The van der Waals surface area contributed by atoms with E-state index in [4.69, 9.17) is 4.74 Å². The largest absolute Gasteiger partial charge is 0.479 e. The van der Waals surface area contributed by atoms with Gasteiger partial charge >= 0.3 is 0 Å². The van der Waals surface area contributed by atoms with Gasteiger partial charge in [0.1, 0.15) is 5.75 Å².